The van der Waals surface area contributed by atoms with E-state index in [0.29, 0.717) is 12.6 Å². The molecule has 0 amide bonds. The molecular weight excluding hydrogens is 260 g/mol. The molecule has 0 aliphatic carbocycles. The summed E-state index contributed by atoms with van der Waals surface area (Å²) in [5.74, 6) is 0.251. The third kappa shape index (κ3) is 4.17. The highest BCUT2D eigenvalue weighted by molar-refractivity contribution is 7.92. The monoisotopic (exact) mass is 290 g/mol. The predicted octanol–water partition coefficient (Wildman–Crippen LogP) is 1.66. The van der Waals surface area contributed by atoms with Gasteiger partial charge < -0.3 is 5.32 Å². The van der Waals surface area contributed by atoms with E-state index in [4.69, 9.17) is 0 Å². The van der Waals surface area contributed by atoms with E-state index in [0.717, 1.165) is 19.5 Å². The summed E-state index contributed by atoms with van der Waals surface area (Å²) in [7, 11) is -3.03. The highest BCUT2D eigenvalue weighted by atomic mass is 32.2. The zero-order valence-corrected chi connectivity index (χ0v) is 14.1. The molecule has 1 fully saturated rings. The Morgan fingerprint density at radius 2 is 1.95 bits per heavy atom. The van der Waals surface area contributed by atoms with Gasteiger partial charge in [-0.1, -0.05) is 6.92 Å². The average Bonchev–Trinajstić information content (AvgIpc) is 2.29. The average molecular weight is 290 g/mol. The van der Waals surface area contributed by atoms with Crippen LogP contribution in [0.5, 0.6) is 0 Å². The van der Waals surface area contributed by atoms with Crippen LogP contribution < -0.4 is 5.32 Å². The molecule has 2 atom stereocenters. The second-order valence-corrected chi connectivity index (χ2v) is 9.91. The van der Waals surface area contributed by atoms with Crippen molar-refractivity contribution in [3.8, 4) is 0 Å². The van der Waals surface area contributed by atoms with E-state index in [-0.39, 0.29) is 11.3 Å². The zero-order valence-electron chi connectivity index (χ0n) is 13.3. The van der Waals surface area contributed by atoms with Gasteiger partial charge in [0.05, 0.1) is 10.5 Å². The molecule has 0 spiro atoms. The first-order chi connectivity index (χ1) is 8.51. The lowest BCUT2D eigenvalue weighted by atomic mass is 9.94. The predicted molar refractivity (Wildman–Crippen MR) is 81.3 cm³/mol. The van der Waals surface area contributed by atoms with Crippen LogP contribution in [0, 0.1) is 0 Å². The van der Waals surface area contributed by atoms with Crippen LogP contribution in [-0.2, 0) is 9.84 Å². The Kier molecular flexibility index (Phi) is 5.08. The molecule has 19 heavy (non-hydrogen) atoms. The number of rotatable bonds is 4. The lowest BCUT2D eigenvalue weighted by Crippen LogP contribution is -2.62. The molecule has 1 heterocycles. The maximum atomic E-state index is 12.2. The fourth-order valence-electron chi connectivity index (χ4n) is 2.26. The molecule has 0 aromatic rings. The smallest absolute Gasteiger partial charge is 0.156 e. The molecule has 0 aromatic carbocycles. The topological polar surface area (TPSA) is 49.4 Å². The summed E-state index contributed by atoms with van der Waals surface area (Å²) >= 11 is 0. The molecule has 1 N–H and O–H groups in total. The van der Waals surface area contributed by atoms with Crippen LogP contribution in [0.3, 0.4) is 0 Å². The highest BCUT2D eigenvalue weighted by Crippen LogP contribution is 2.20. The Hall–Kier alpha value is -0.130. The molecule has 4 nitrogen and oxygen atoms in total. The van der Waals surface area contributed by atoms with Gasteiger partial charge in [0, 0.05) is 31.2 Å². The molecule has 1 aliphatic heterocycles. The fraction of sp³-hybridized carbons (Fsp3) is 1.00. The number of piperazine rings is 1. The van der Waals surface area contributed by atoms with Crippen molar-refractivity contribution < 1.29 is 8.42 Å². The Labute approximate surface area is 118 Å². The molecule has 1 rings (SSSR count). The molecular formula is C14H30N2O2S. The minimum absolute atomic E-state index is 0.109. The van der Waals surface area contributed by atoms with Crippen LogP contribution in [0.2, 0.25) is 0 Å². The second-order valence-electron chi connectivity index (χ2n) is 7.05. The van der Waals surface area contributed by atoms with E-state index in [9.17, 15) is 8.42 Å². The van der Waals surface area contributed by atoms with E-state index in [1.807, 2.05) is 0 Å². The minimum Gasteiger partial charge on any atom is -0.309 e. The third-order valence-electron chi connectivity index (χ3n) is 4.36. The van der Waals surface area contributed by atoms with Gasteiger partial charge in [0.2, 0.25) is 0 Å². The van der Waals surface area contributed by atoms with E-state index < -0.39 is 14.6 Å². The van der Waals surface area contributed by atoms with Gasteiger partial charge in [-0.05, 0) is 41.0 Å². The Balaban J connectivity index is 2.66. The molecule has 0 radical (unpaired) electrons. The Bertz CT molecular complexity index is 400. The molecule has 5 heteroatoms. The number of hydrogen-bond acceptors (Lipinski definition) is 4. The number of nitrogens with one attached hydrogen (secondary N) is 1. The summed E-state index contributed by atoms with van der Waals surface area (Å²) in [6.07, 6.45) is 1.06. The van der Waals surface area contributed by atoms with Crippen molar-refractivity contribution in [2.45, 2.75) is 64.3 Å². The van der Waals surface area contributed by atoms with Gasteiger partial charge in [-0.15, -0.1) is 0 Å². The van der Waals surface area contributed by atoms with E-state index >= 15 is 0 Å². The van der Waals surface area contributed by atoms with Crippen LogP contribution in [-0.4, -0.2) is 55.0 Å². The van der Waals surface area contributed by atoms with E-state index in [1.165, 1.54) is 0 Å². The van der Waals surface area contributed by atoms with Crippen molar-refractivity contribution in [1.29, 1.82) is 0 Å². The van der Waals surface area contributed by atoms with Crippen molar-refractivity contribution in [3.05, 3.63) is 0 Å². The van der Waals surface area contributed by atoms with Crippen molar-refractivity contribution in [1.82, 2.24) is 10.2 Å². The van der Waals surface area contributed by atoms with Gasteiger partial charge in [-0.25, -0.2) is 8.42 Å². The van der Waals surface area contributed by atoms with Crippen molar-refractivity contribution in [2.24, 2.45) is 0 Å². The van der Waals surface area contributed by atoms with Gasteiger partial charge in [-0.3, -0.25) is 4.90 Å². The highest BCUT2D eigenvalue weighted by Gasteiger charge is 2.34. The lowest BCUT2D eigenvalue weighted by molar-refractivity contribution is 0.0992. The third-order valence-corrected chi connectivity index (χ3v) is 6.95. The molecule has 0 aromatic heterocycles. The molecule has 1 saturated heterocycles. The van der Waals surface area contributed by atoms with Crippen LogP contribution in [0.25, 0.3) is 0 Å². The summed E-state index contributed by atoms with van der Waals surface area (Å²) < 4.78 is 23.7. The first-order valence-corrected chi connectivity index (χ1v) is 8.87. The minimum atomic E-state index is -3.03. The zero-order chi connectivity index (χ0) is 14.9. The first kappa shape index (κ1) is 16.9. The largest absolute Gasteiger partial charge is 0.309 e. The standard InChI is InChI=1S/C14H30N2O2S/c1-7-14(6)11-16(12(2)10-15-14)8-9-19(17,18)13(3,4)5/h12,15H,7-11H2,1-6H3. The summed E-state index contributed by atoms with van der Waals surface area (Å²) in [5.41, 5.74) is 0.109. The van der Waals surface area contributed by atoms with Gasteiger partial charge in [0.1, 0.15) is 0 Å². The number of sulfone groups is 1. The summed E-state index contributed by atoms with van der Waals surface area (Å²) in [5, 5.41) is 3.56. The molecule has 1 aliphatic rings. The molecule has 114 valence electrons. The van der Waals surface area contributed by atoms with Crippen molar-refractivity contribution in [3.63, 3.8) is 0 Å². The Morgan fingerprint density at radius 1 is 1.37 bits per heavy atom. The number of nitrogens with zero attached hydrogens (tertiary/aromatic N) is 1. The second kappa shape index (κ2) is 5.70. The maximum absolute atomic E-state index is 12.2. The summed E-state index contributed by atoms with van der Waals surface area (Å²) in [6.45, 7) is 14.4. The van der Waals surface area contributed by atoms with E-state index in [2.05, 4.69) is 31.0 Å². The SMILES string of the molecule is CCC1(C)CN(CCS(=O)(=O)C(C)(C)C)C(C)CN1. The van der Waals surface area contributed by atoms with E-state index in [1.54, 1.807) is 20.8 Å². The fourth-order valence-corrected chi connectivity index (χ4v) is 3.35. The number of hydrogen-bond donors (Lipinski definition) is 1. The molecule has 2 unspecified atom stereocenters. The van der Waals surface area contributed by atoms with Gasteiger partial charge >= 0.3 is 0 Å². The lowest BCUT2D eigenvalue weighted by Gasteiger charge is -2.45. The van der Waals surface area contributed by atoms with Crippen LogP contribution >= 0.6 is 0 Å². The van der Waals surface area contributed by atoms with Crippen LogP contribution in [0.4, 0.5) is 0 Å². The molecule has 0 saturated carbocycles. The van der Waals surface area contributed by atoms with Gasteiger partial charge in [0.15, 0.2) is 9.84 Å². The quantitative estimate of drug-likeness (QED) is 0.855. The van der Waals surface area contributed by atoms with Gasteiger partial charge in [0.25, 0.3) is 0 Å². The first-order valence-electron chi connectivity index (χ1n) is 7.22. The maximum Gasteiger partial charge on any atom is 0.156 e. The van der Waals surface area contributed by atoms with Crippen LogP contribution in [0.15, 0.2) is 0 Å². The van der Waals surface area contributed by atoms with Crippen LogP contribution in [0.1, 0.15) is 48.0 Å². The summed E-state index contributed by atoms with van der Waals surface area (Å²) in [4.78, 5) is 2.31. The van der Waals surface area contributed by atoms with Crippen molar-refractivity contribution >= 4 is 9.84 Å². The Morgan fingerprint density at radius 3 is 2.42 bits per heavy atom. The summed E-state index contributed by atoms with van der Waals surface area (Å²) in [6, 6.07) is 0.398. The molecule has 0 bridgehead atoms. The van der Waals surface area contributed by atoms with Crippen molar-refractivity contribution in [2.75, 3.05) is 25.4 Å². The van der Waals surface area contributed by atoms with Gasteiger partial charge in [-0.2, -0.15) is 0 Å². The normalized spacial score (nSPS) is 30.5.